The number of H-pyrrole nitrogens is 1. The van der Waals surface area contributed by atoms with E-state index in [2.05, 4.69) is 4.98 Å². The zero-order valence-electron chi connectivity index (χ0n) is 18.4. The minimum Gasteiger partial charge on any atom is -0.497 e. The number of nitrogens with one attached hydrogen (secondary N) is 1. The van der Waals surface area contributed by atoms with Gasteiger partial charge in [-0.25, -0.2) is 14.2 Å². The highest BCUT2D eigenvalue weighted by Crippen LogP contribution is 2.36. The van der Waals surface area contributed by atoms with E-state index in [1.54, 1.807) is 24.3 Å². The van der Waals surface area contributed by atoms with Crippen molar-refractivity contribution in [1.29, 1.82) is 0 Å². The van der Waals surface area contributed by atoms with Crippen LogP contribution in [0, 0.1) is 0 Å². The zero-order valence-corrected chi connectivity index (χ0v) is 19.2. The molecule has 3 aromatic heterocycles. The molecule has 184 valence electrons. The summed E-state index contributed by atoms with van der Waals surface area (Å²) in [5, 5.41) is 13.1. The quantitative estimate of drug-likeness (QED) is 0.359. The molecule has 0 amide bonds. The molecule has 0 aliphatic rings. The third-order valence-electron chi connectivity index (χ3n) is 5.81. The van der Waals surface area contributed by atoms with E-state index in [4.69, 9.17) is 4.74 Å². The third kappa shape index (κ3) is 3.75. The average Bonchev–Trinajstić information content (AvgIpc) is 3.41. The number of carboxylic acid groups (broad SMARTS) is 1. The van der Waals surface area contributed by atoms with Gasteiger partial charge in [-0.2, -0.15) is 13.2 Å². The van der Waals surface area contributed by atoms with Crippen LogP contribution in [0.3, 0.4) is 0 Å². The van der Waals surface area contributed by atoms with Gasteiger partial charge in [-0.3, -0.25) is 4.79 Å². The minimum atomic E-state index is -4.74. The number of aromatic nitrogens is 3. The van der Waals surface area contributed by atoms with Crippen LogP contribution in [0.4, 0.5) is 13.2 Å². The molecule has 0 atom stereocenters. The Kier molecular flexibility index (Phi) is 5.47. The largest absolute Gasteiger partial charge is 0.497 e. The van der Waals surface area contributed by atoms with Gasteiger partial charge in [0.25, 0.3) is 5.56 Å². The summed E-state index contributed by atoms with van der Waals surface area (Å²) in [6.45, 7) is -0.0753. The molecular formula is C24H16F3N3O5S. The second-order valence-electron chi connectivity index (χ2n) is 7.94. The Morgan fingerprint density at radius 1 is 1.11 bits per heavy atom. The number of hydrogen-bond acceptors (Lipinski definition) is 5. The lowest BCUT2D eigenvalue weighted by atomic mass is 10.1. The molecule has 0 aliphatic heterocycles. The van der Waals surface area contributed by atoms with E-state index in [9.17, 15) is 32.7 Å². The smallest absolute Gasteiger partial charge is 0.416 e. The number of fused-ring (bicyclic) bond motifs is 2. The van der Waals surface area contributed by atoms with Crippen molar-refractivity contribution in [1.82, 2.24) is 14.1 Å². The van der Waals surface area contributed by atoms with Gasteiger partial charge in [-0.15, -0.1) is 11.3 Å². The highest BCUT2D eigenvalue weighted by atomic mass is 32.1. The van der Waals surface area contributed by atoms with Crippen LogP contribution in [-0.4, -0.2) is 32.3 Å². The number of aromatic carboxylic acids is 1. The van der Waals surface area contributed by atoms with Crippen molar-refractivity contribution >= 4 is 39.1 Å². The maximum atomic E-state index is 13.6. The molecular weight excluding hydrogens is 499 g/mol. The number of benzene rings is 2. The average molecular weight is 515 g/mol. The molecule has 3 heterocycles. The Labute approximate surface area is 203 Å². The van der Waals surface area contributed by atoms with Gasteiger partial charge in [-0.1, -0.05) is 12.1 Å². The van der Waals surface area contributed by atoms with Crippen molar-refractivity contribution in [2.24, 2.45) is 0 Å². The molecule has 2 aromatic carbocycles. The molecule has 0 bridgehead atoms. The fourth-order valence-corrected chi connectivity index (χ4v) is 4.97. The monoisotopic (exact) mass is 515 g/mol. The van der Waals surface area contributed by atoms with Crippen LogP contribution in [0.25, 0.3) is 27.5 Å². The van der Waals surface area contributed by atoms with Crippen LogP contribution in [0.1, 0.15) is 21.6 Å². The first-order valence-corrected chi connectivity index (χ1v) is 11.4. The lowest BCUT2D eigenvalue weighted by Gasteiger charge is -2.11. The van der Waals surface area contributed by atoms with Crippen molar-refractivity contribution in [3.63, 3.8) is 0 Å². The number of ether oxygens (including phenoxy) is 1. The molecule has 0 aliphatic carbocycles. The number of rotatable bonds is 5. The summed E-state index contributed by atoms with van der Waals surface area (Å²) in [6, 6.07) is 9.43. The van der Waals surface area contributed by atoms with Crippen molar-refractivity contribution in [2.45, 2.75) is 12.7 Å². The van der Waals surface area contributed by atoms with E-state index < -0.39 is 40.3 Å². The number of halogens is 3. The zero-order chi connectivity index (χ0) is 25.8. The van der Waals surface area contributed by atoms with Crippen LogP contribution in [-0.2, 0) is 12.7 Å². The summed E-state index contributed by atoms with van der Waals surface area (Å²) in [4.78, 5) is 41.3. The van der Waals surface area contributed by atoms with Crippen LogP contribution < -0.4 is 16.0 Å². The summed E-state index contributed by atoms with van der Waals surface area (Å²) in [5.41, 5.74) is -2.85. The molecule has 12 heteroatoms. The molecule has 0 saturated carbocycles. The standard InChI is InChI=1S/C24H16F3N3O5S/c1-35-14-4-2-3-12(7-14)9-29-18-6-5-13(24(25,26)27)8-15(18)19(20(29)22(32)33)30-21(31)16-10-36-11-17(16)28-23(30)34/h2-8,10-11H,9H2,1H3,(H,28,34)(H,32,33). The van der Waals surface area contributed by atoms with Crippen LogP contribution in [0.5, 0.6) is 5.75 Å². The second kappa shape index (κ2) is 8.41. The maximum Gasteiger partial charge on any atom is 0.416 e. The Morgan fingerprint density at radius 2 is 1.89 bits per heavy atom. The first-order chi connectivity index (χ1) is 17.1. The van der Waals surface area contributed by atoms with Crippen LogP contribution in [0.2, 0.25) is 0 Å². The maximum absolute atomic E-state index is 13.6. The molecule has 2 N–H and O–H groups in total. The van der Waals surface area contributed by atoms with E-state index in [0.29, 0.717) is 15.9 Å². The Bertz CT molecular complexity index is 1780. The fourth-order valence-electron chi connectivity index (χ4n) is 4.22. The van der Waals surface area contributed by atoms with Gasteiger partial charge in [-0.05, 0) is 35.9 Å². The van der Waals surface area contributed by atoms with Crippen LogP contribution >= 0.6 is 11.3 Å². The van der Waals surface area contributed by atoms with Gasteiger partial charge in [0.15, 0.2) is 5.69 Å². The number of hydrogen-bond donors (Lipinski definition) is 2. The normalized spacial score (nSPS) is 11.9. The number of aromatic amines is 1. The number of carboxylic acids is 1. The van der Waals surface area contributed by atoms with E-state index in [1.807, 2.05) is 0 Å². The summed E-state index contributed by atoms with van der Waals surface area (Å²) in [6.07, 6.45) is -4.74. The Morgan fingerprint density at radius 3 is 2.58 bits per heavy atom. The SMILES string of the molecule is COc1cccc(Cn2c(C(=O)O)c(-n3c(=O)[nH]c4cscc4c3=O)c3cc(C(F)(F)F)ccc32)c1. The predicted octanol–water partition coefficient (Wildman–Crippen LogP) is 4.47. The number of alkyl halides is 3. The van der Waals surface area contributed by atoms with Crippen molar-refractivity contribution in [2.75, 3.05) is 7.11 Å². The first-order valence-electron chi connectivity index (χ1n) is 10.4. The molecule has 0 radical (unpaired) electrons. The summed E-state index contributed by atoms with van der Waals surface area (Å²) < 4.78 is 47.9. The van der Waals surface area contributed by atoms with Gasteiger partial charge in [0.2, 0.25) is 0 Å². The summed E-state index contributed by atoms with van der Waals surface area (Å²) in [5.74, 6) is -1.02. The molecule has 0 saturated heterocycles. The Balaban J connectivity index is 1.91. The molecule has 8 nitrogen and oxygen atoms in total. The number of methoxy groups -OCH3 is 1. The summed E-state index contributed by atoms with van der Waals surface area (Å²) >= 11 is 1.14. The predicted molar refractivity (Wildman–Crippen MR) is 128 cm³/mol. The van der Waals surface area contributed by atoms with Crippen LogP contribution in [0.15, 0.2) is 62.8 Å². The summed E-state index contributed by atoms with van der Waals surface area (Å²) in [7, 11) is 1.46. The van der Waals surface area contributed by atoms with Gasteiger partial charge in [0.05, 0.1) is 34.8 Å². The number of thiophene rings is 1. The molecule has 5 aromatic rings. The van der Waals surface area contributed by atoms with Gasteiger partial charge >= 0.3 is 17.8 Å². The lowest BCUT2D eigenvalue weighted by Crippen LogP contribution is -2.34. The highest BCUT2D eigenvalue weighted by Gasteiger charge is 2.33. The van der Waals surface area contributed by atoms with E-state index >= 15 is 0 Å². The molecule has 0 fully saturated rings. The second-order valence-corrected chi connectivity index (χ2v) is 8.68. The van der Waals surface area contributed by atoms with Crippen molar-refractivity contribution < 1.29 is 27.8 Å². The minimum absolute atomic E-state index is 0.0753. The molecule has 5 rings (SSSR count). The first kappa shape index (κ1) is 23.4. The van der Waals surface area contributed by atoms with E-state index in [1.165, 1.54) is 22.4 Å². The fraction of sp³-hybridized carbons (Fsp3) is 0.125. The number of carbonyl (C=O) groups is 1. The highest BCUT2D eigenvalue weighted by molar-refractivity contribution is 7.09. The molecule has 0 unspecified atom stereocenters. The molecule has 0 spiro atoms. The van der Waals surface area contributed by atoms with Gasteiger partial charge in [0, 0.05) is 22.7 Å². The van der Waals surface area contributed by atoms with Crippen molar-refractivity contribution in [3.05, 3.63) is 90.9 Å². The lowest BCUT2D eigenvalue weighted by molar-refractivity contribution is -0.137. The molecule has 36 heavy (non-hydrogen) atoms. The third-order valence-corrected chi connectivity index (χ3v) is 6.55. The number of nitrogens with zero attached hydrogens (tertiary/aromatic N) is 2. The van der Waals surface area contributed by atoms with Crippen molar-refractivity contribution in [3.8, 4) is 11.4 Å². The van der Waals surface area contributed by atoms with Gasteiger partial charge in [0.1, 0.15) is 5.75 Å². The topological polar surface area (TPSA) is 106 Å². The van der Waals surface area contributed by atoms with Gasteiger partial charge < -0.3 is 19.4 Å². The Hall–Kier alpha value is -4.32. The van der Waals surface area contributed by atoms with E-state index in [-0.39, 0.29) is 28.4 Å². The van der Waals surface area contributed by atoms with E-state index in [0.717, 1.165) is 29.5 Å².